The fourth-order valence-electron chi connectivity index (χ4n) is 3.25. The number of aliphatic hydroxyl groups is 1. The summed E-state index contributed by atoms with van der Waals surface area (Å²) in [6.07, 6.45) is 1.73. The van der Waals surface area contributed by atoms with Crippen molar-refractivity contribution in [2.45, 2.75) is 37.2 Å². The zero-order chi connectivity index (χ0) is 24.6. The molecular weight excluding hydrogens is 452 g/mol. The predicted molar refractivity (Wildman–Crippen MR) is 133 cm³/mol. The number of aliphatic hydroxyl groups excluding tert-OH is 1. The van der Waals surface area contributed by atoms with Crippen LogP contribution in [0.25, 0.3) is 0 Å². The standard InChI is InChI=1S/C25H32N4O4S/c1-18(2)20-5-10-24(11-6-20)34(31,32)29-21-7-3-19(4-8-21)13-14-27-15-22(30)17-33-23-9-12-25(26)28-16-23/h3-12,16,18,22,27,29-30H,13-15,17H2,1-2H3,(H2,26,28)/p+1/t22-/m0/s1. The lowest BCUT2D eigenvalue weighted by Gasteiger charge is -2.13. The van der Waals surface area contributed by atoms with Crippen LogP contribution in [0, 0.1) is 0 Å². The Morgan fingerprint density at radius 1 is 1.03 bits per heavy atom. The Labute approximate surface area is 201 Å². The number of aromatic amines is 1. The van der Waals surface area contributed by atoms with Crippen molar-refractivity contribution in [1.82, 2.24) is 5.32 Å². The van der Waals surface area contributed by atoms with E-state index in [1.54, 1.807) is 42.6 Å². The number of nitrogens with one attached hydrogen (secondary N) is 3. The highest BCUT2D eigenvalue weighted by Crippen LogP contribution is 2.20. The van der Waals surface area contributed by atoms with Gasteiger partial charge in [0.1, 0.15) is 18.9 Å². The minimum atomic E-state index is -3.64. The molecule has 3 aromatic rings. The first-order valence-electron chi connectivity index (χ1n) is 11.2. The van der Waals surface area contributed by atoms with Gasteiger partial charge in [0.25, 0.3) is 15.8 Å². The number of H-pyrrole nitrogens is 1. The molecule has 0 radical (unpaired) electrons. The molecule has 0 bridgehead atoms. The van der Waals surface area contributed by atoms with Gasteiger partial charge in [0.15, 0.2) is 5.75 Å². The second kappa shape index (κ2) is 11.8. The van der Waals surface area contributed by atoms with Gasteiger partial charge in [-0.25, -0.2) is 13.4 Å². The number of hydrogen-bond donors (Lipinski definition) is 4. The summed E-state index contributed by atoms with van der Waals surface area (Å²) >= 11 is 0. The van der Waals surface area contributed by atoms with E-state index in [2.05, 4.69) is 28.9 Å². The number of benzene rings is 2. The van der Waals surface area contributed by atoms with Gasteiger partial charge in [0, 0.05) is 18.3 Å². The number of sulfonamides is 1. The molecular formula is C25H33N4O4S+. The maximum atomic E-state index is 12.6. The number of nitrogens with two attached hydrogens (primary N) is 1. The number of nitrogen functional groups attached to an aromatic ring is 1. The summed E-state index contributed by atoms with van der Waals surface area (Å²) in [7, 11) is -3.64. The molecule has 1 heterocycles. The number of hydrogen-bond acceptors (Lipinski definition) is 6. The summed E-state index contributed by atoms with van der Waals surface area (Å²) in [5.74, 6) is 1.49. The summed E-state index contributed by atoms with van der Waals surface area (Å²) in [5.41, 5.74) is 8.24. The van der Waals surface area contributed by atoms with E-state index in [1.165, 1.54) is 0 Å². The Kier molecular flexibility index (Phi) is 8.86. The molecule has 0 aliphatic heterocycles. The van der Waals surface area contributed by atoms with Gasteiger partial charge in [-0.05, 0) is 60.3 Å². The molecule has 6 N–H and O–H groups in total. The van der Waals surface area contributed by atoms with Crippen LogP contribution in [0.5, 0.6) is 5.75 Å². The Bertz CT molecular complexity index is 1130. The minimum absolute atomic E-state index is 0.166. The highest BCUT2D eigenvalue weighted by Gasteiger charge is 2.14. The maximum absolute atomic E-state index is 12.6. The Morgan fingerprint density at radius 3 is 2.35 bits per heavy atom. The average molecular weight is 486 g/mol. The van der Waals surface area contributed by atoms with Crippen LogP contribution >= 0.6 is 0 Å². The van der Waals surface area contributed by atoms with Crippen molar-refractivity contribution < 1.29 is 23.2 Å². The smallest absolute Gasteiger partial charge is 0.270 e. The third-order valence-corrected chi connectivity index (χ3v) is 6.68. The highest BCUT2D eigenvalue weighted by molar-refractivity contribution is 7.92. The number of aromatic nitrogens is 1. The number of rotatable bonds is 12. The van der Waals surface area contributed by atoms with Gasteiger partial charge in [-0.1, -0.05) is 38.1 Å². The molecule has 0 aliphatic carbocycles. The van der Waals surface area contributed by atoms with E-state index in [0.717, 1.165) is 17.5 Å². The van der Waals surface area contributed by atoms with Crippen molar-refractivity contribution in [3.8, 4) is 5.75 Å². The first-order valence-corrected chi connectivity index (χ1v) is 12.7. The molecule has 2 aromatic carbocycles. The van der Waals surface area contributed by atoms with Crippen molar-refractivity contribution in [2.24, 2.45) is 0 Å². The van der Waals surface area contributed by atoms with Crippen LogP contribution in [0.4, 0.5) is 11.5 Å². The van der Waals surface area contributed by atoms with E-state index in [4.69, 9.17) is 10.5 Å². The SMILES string of the molecule is CC(C)c1ccc(S(=O)(=O)Nc2ccc(CCNC[C@H](O)COc3ccc(N)[nH+]c3)cc2)cc1. The summed E-state index contributed by atoms with van der Waals surface area (Å²) in [4.78, 5) is 3.08. The molecule has 0 fully saturated rings. The van der Waals surface area contributed by atoms with Gasteiger partial charge in [0.2, 0.25) is 0 Å². The van der Waals surface area contributed by atoms with Crippen LogP contribution in [0.1, 0.15) is 30.9 Å². The third-order valence-electron chi connectivity index (χ3n) is 5.28. The fraction of sp³-hybridized carbons (Fsp3) is 0.320. The van der Waals surface area contributed by atoms with Crippen molar-refractivity contribution in [2.75, 3.05) is 30.2 Å². The lowest BCUT2D eigenvalue weighted by Crippen LogP contribution is -2.32. The normalized spacial score (nSPS) is 12.5. The lowest BCUT2D eigenvalue weighted by molar-refractivity contribution is -0.361. The second-order valence-corrected chi connectivity index (χ2v) is 10.1. The monoisotopic (exact) mass is 485 g/mol. The molecule has 0 saturated carbocycles. The maximum Gasteiger partial charge on any atom is 0.270 e. The van der Waals surface area contributed by atoms with Gasteiger partial charge in [0.05, 0.1) is 4.90 Å². The number of anilines is 2. The van der Waals surface area contributed by atoms with E-state index < -0.39 is 16.1 Å². The van der Waals surface area contributed by atoms with Gasteiger partial charge < -0.3 is 15.2 Å². The quantitative estimate of drug-likeness (QED) is 0.292. The molecule has 0 spiro atoms. The minimum Gasteiger partial charge on any atom is -0.487 e. The average Bonchev–Trinajstić information content (AvgIpc) is 2.82. The van der Waals surface area contributed by atoms with Crippen LogP contribution in [-0.2, 0) is 16.4 Å². The van der Waals surface area contributed by atoms with Gasteiger partial charge in [-0.3, -0.25) is 10.5 Å². The van der Waals surface area contributed by atoms with Crippen molar-refractivity contribution in [3.63, 3.8) is 0 Å². The van der Waals surface area contributed by atoms with Gasteiger partial charge in [-0.15, -0.1) is 0 Å². The van der Waals surface area contributed by atoms with E-state index >= 15 is 0 Å². The molecule has 182 valence electrons. The van der Waals surface area contributed by atoms with Gasteiger partial charge >= 0.3 is 0 Å². The molecule has 3 rings (SSSR count). The number of pyridine rings is 1. The predicted octanol–water partition coefficient (Wildman–Crippen LogP) is 2.58. The zero-order valence-electron chi connectivity index (χ0n) is 19.5. The van der Waals surface area contributed by atoms with Crippen molar-refractivity contribution in [1.29, 1.82) is 0 Å². The van der Waals surface area contributed by atoms with E-state index in [-0.39, 0.29) is 11.5 Å². The molecule has 9 heteroatoms. The highest BCUT2D eigenvalue weighted by atomic mass is 32.2. The van der Waals surface area contributed by atoms with E-state index in [9.17, 15) is 13.5 Å². The van der Waals surface area contributed by atoms with Crippen LogP contribution in [-0.4, -0.2) is 39.3 Å². The first kappa shape index (κ1) is 25.5. The van der Waals surface area contributed by atoms with Gasteiger partial charge in [-0.2, -0.15) is 0 Å². The summed E-state index contributed by atoms with van der Waals surface area (Å²) in [6.45, 7) is 5.36. The first-order chi connectivity index (χ1) is 16.2. The molecule has 0 saturated heterocycles. The Morgan fingerprint density at radius 2 is 1.74 bits per heavy atom. The van der Waals surface area contributed by atoms with Crippen LogP contribution in [0.2, 0.25) is 0 Å². The Hall–Kier alpha value is -3.14. The summed E-state index contributed by atoms with van der Waals surface area (Å²) in [5, 5.41) is 13.3. The molecule has 8 nitrogen and oxygen atoms in total. The van der Waals surface area contributed by atoms with E-state index in [0.29, 0.717) is 36.3 Å². The number of ether oxygens (including phenoxy) is 1. The largest absolute Gasteiger partial charge is 0.487 e. The van der Waals surface area contributed by atoms with Crippen LogP contribution in [0.3, 0.4) is 0 Å². The lowest BCUT2D eigenvalue weighted by atomic mass is 10.0. The van der Waals surface area contributed by atoms with Crippen LogP contribution < -0.4 is 25.5 Å². The fourth-order valence-corrected chi connectivity index (χ4v) is 4.31. The molecule has 0 amide bonds. The Balaban J connectivity index is 1.40. The second-order valence-electron chi connectivity index (χ2n) is 8.42. The molecule has 34 heavy (non-hydrogen) atoms. The summed E-state index contributed by atoms with van der Waals surface area (Å²) < 4.78 is 33.4. The molecule has 0 aliphatic rings. The molecule has 1 atom stereocenters. The zero-order valence-corrected chi connectivity index (χ0v) is 20.3. The van der Waals surface area contributed by atoms with Crippen LogP contribution in [0.15, 0.2) is 71.8 Å². The summed E-state index contributed by atoms with van der Waals surface area (Å²) in [6, 6.07) is 17.7. The molecule has 0 unspecified atom stereocenters. The van der Waals surface area contributed by atoms with Crippen molar-refractivity contribution >= 4 is 21.5 Å². The third kappa shape index (κ3) is 7.72. The topological polar surface area (TPSA) is 128 Å². The van der Waals surface area contributed by atoms with E-state index in [1.807, 2.05) is 24.3 Å². The molecule has 1 aromatic heterocycles. The van der Waals surface area contributed by atoms with Crippen molar-refractivity contribution in [3.05, 3.63) is 78.0 Å².